The first-order chi connectivity index (χ1) is 26.4. The smallest absolute Gasteiger partial charge is 0.0884 e. The number of aromatic nitrogens is 6. The van der Waals surface area contributed by atoms with Crippen LogP contribution in [0.5, 0.6) is 0 Å². The number of nitrogens with one attached hydrogen (secondary N) is 6. The number of hydrogen-bond donors (Lipinski definition) is 6. The second kappa shape index (κ2) is 15.6. The summed E-state index contributed by atoms with van der Waals surface area (Å²) < 4.78 is 0. The van der Waals surface area contributed by atoms with Gasteiger partial charge < -0.3 is 30.6 Å². The van der Waals surface area contributed by atoms with Crippen LogP contribution in [0.2, 0.25) is 0 Å². The topological polar surface area (TPSA) is 113 Å². The van der Waals surface area contributed by atoms with Gasteiger partial charge in [0, 0.05) is 22.8 Å². The zero-order valence-corrected chi connectivity index (χ0v) is 34.2. The van der Waals surface area contributed by atoms with Crippen LogP contribution < -0.4 is 10.6 Å². The van der Waals surface area contributed by atoms with Crippen molar-refractivity contribution in [2.24, 2.45) is 0 Å². The molecular weight excluding hydrogens is 665 g/mol. The van der Waals surface area contributed by atoms with Gasteiger partial charge in [0.15, 0.2) is 0 Å². The SMILES string of the molecule is CCc1c2[nH]c(c1CC)C(NC)c1[nH]c(c(CC)c1CC)-c1cccc(n1)-c1[nH]c(c(CC)c1CC)C(NC)c1[nH]c(c(CC)c1CC)-c1cccc-2n1. The third-order valence-electron chi connectivity index (χ3n) is 12.1. The Kier molecular flexibility index (Phi) is 10.9. The average molecular weight is 725 g/mol. The molecule has 7 rings (SSSR count). The molecule has 0 atom stereocenters. The van der Waals surface area contributed by atoms with Crippen LogP contribution in [0.1, 0.15) is 135 Å². The number of nitrogens with zero attached hydrogens (tertiary/aromatic N) is 2. The van der Waals surface area contributed by atoms with Gasteiger partial charge in [0.2, 0.25) is 0 Å². The van der Waals surface area contributed by atoms with Gasteiger partial charge in [-0.3, -0.25) is 0 Å². The molecular formula is C46H60N8. The van der Waals surface area contributed by atoms with Crippen LogP contribution in [-0.4, -0.2) is 44.0 Å². The highest BCUT2D eigenvalue weighted by molar-refractivity contribution is 5.73. The summed E-state index contributed by atoms with van der Waals surface area (Å²) in [4.78, 5) is 26.9. The zero-order chi connectivity index (χ0) is 38.3. The molecule has 284 valence electrons. The molecule has 7 heterocycles. The van der Waals surface area contributed by atoms with Gasteiger partial charge in [-0.1, -0.05) is 67.5 Å². The fourth-order valence-corrected chi connectivity index (χ4v) is 9.72. The van der Waals surface area contributed by atoms with E-state index < -0.39 is 0 Å². The molecule has 0 aromatic carbocycles. The van der Waals surface area contributed by atoms with Crippen molar-refractivity contribution >= 4 is 0 Å². The molecule has 1 aliphatic rings. The number of fused-ring (bicyclic) bond motifs is 16. The largest absolute Gasteiger partial charge is 0.355 e. The number of pyridine rings is 2. The van der Waals surface area contributed by atoms with E-state index in [4.69, 9.17) is 9.97 Å². The lowest BCUT2D eigenvalue weighted by Gasteiger charge is -2.18. The van der Waals surface area contributed by atoms with E-state index in [0.29, 0.717) is 0 Å². The maximum absolute atomic E-state index is 5.47. The Morgan fingerprint density at radius 3 is 0.796 bits per heavy atom. The van der Waals surface area contributed by atoms with Gasteiger partial charge in [-0.2, -0.15) is 0 Å². The second-order valence-corrected chi connectivity index (χ2v) is 14.6. The van der Waals surface area contributed by atoms with E-state index in [1.807, 2.05) is 0 Å². The molecule has 0 amide bonds. The molecule has 6 aromatic rings. The Hall–Kier alpha value is -4.66. The van der Waals surface area contributed by atoms with Crippen molar-refractivity contribution < 1.29 is 0 Å². The Morgan fingerprint density at radius 2 is 0.611 bits per heavy atom. The predicted molar refractivity (Wildman–Crippen MR) is 224 cm³/mol. The quantitative estimate of drug-likeness (QED) is 0.0845. The molecule has 0 saturated carbocycles. The van der Waals surface area contributed by atoms with Gasteiger partial charge in [-0.25, -0.2) is 9.97 Å². The zero-order valence-electron chi connectivity index (χ0n) is 34.2. The van der Waals surface area contributed by atoms with E-state index in [-0.39, 0.29) is 12.1 Å². The van der Waals surface area contributed by atoms with Gasteiger partial charge in [-0.05, 0) is 134 Å². The molecule has 8 nitrogen and oxygen atoms in total. The minimum atomic E-state index is -0.0574. The summed E-state index contributed by atoms with van der Waals surface area (Å²) in [6.07, 6.45) is 7.36. The molecule has 0 fully saturated rings. The Morgan fingerprint density at radius 1 is 0.389 bits per heavy atom. The van der Waals surface area contributed by atoms with E-state index >= 15 is 0 Å². The van der Waals surface area contributed by atoms with Crippen LogP contribution in [0, 0.1) is 0 Å². The number of H-pyrrole nitrogens is 4. The average Bonchev–Trinajstić information content (AvgIpc) is 3.98. The Balaban J connectivity index is 1.60. The molecule has 54 heavy (non-hydrogen) atoms. The van der Waals surface area contributed by atoms with Gasteiger partial charge >= 0.3 is 0 Å². The van der Waals surface area contributed by atoms with E-state index in [1.54, 1.807) is 0 Å². The second-order valence-electron chi connectivity index (χ2n) is 14.6. The molecule has 0 unspecified atom stereocenters. The van der Waals surface area contributed by atoms with Crippen molar-refractivity contribution in [3.05, 3.63) is 104 Å². The molecule has 6 N–H and O–H groups in total. The maximum Gasteiger partial charge on any atom is 0.0884 e. The number of hydrogen-bond acceptors (Lipinski definition) is 4. The van der Waals surface area contributed by atoms with Crippen LogP contribution in [0.4, 0.5) is 0 Å². The molecule has 0 saturated heterocycles. The predicted octanol–water partition coefficient (Wildman–Crippen LogP) is 9.89. The maximum atomic E-state index is 5.47. The Labute approximate surface area is 321 Å². The summed E-state index contributed by atoms with van der Waals surface area (Å²) in [5.41, 5.74) is 24.0. The third kappa shape index (κ3) is 5.89. The lowest BCUT2D eigenvalue weighted by atomic mass is 9.94. The lowest BCUT2D eigenvalue weighted by molar-refractivity contribution is 0.645. The first-order valence-electron chi connectivity index (χ1n) is 20.6. The van der Waals surface area contributed by atoms with Gasteiger partial charge in [-0.15, -0.1) is 0 Å². The summed E-state index contributed by atoms with van der Waals surface area (Å²) in [6, 6.07) is 12.9. The molecule has 8 heteroatoms. The fraction of sp³-hybridized carbons (Fsp3) is 0.435. The van der Waals surface area contributed by atoms with Crippen molar-refractivity contribution in [2.45, 2.75) is 119 Å². The van der Waals surface area contributed by atoms with E-state index in [0.717, 1.165) is 96.9 Å². The summed E-state index contributed by atoms with van der Waals surface area (Å²) in [5, 5.41) is 7.48. The van der Waals surface area contributed by atoms with Crippen LogP contribution in [0.15, 0.2) is 36.4 Å². The first-order valence-corrected chi connectivity index (χ1v) is 20.6. The summed E-state index contributed by atoms with van der Waals surface area (Å²) in [6.45, 7) is 18.2. The molecule has 0 aliphatic carbocycles. The van der Waals surface area contributed by atoms with Crippen molar-refractivity contribution in [3.8, 4) is 45.6 Å². The van der Waals surface area contributed by atoms with E-state index in [9.17, 15) is 0 Å². The molecule has 0 radical (unpaired) electrons. The summed E-state index contributed by atoms with van der Waals surface area (Å²) in [7, 11) is 4.16. The Bertz CT molecular complexity index is 1970. The first kappa shape index (κ1) is 37.6. The minimum absolute atomic E-state index is 0.0574. The van der Waals surface area contributed by atoms with Crippen LogP contribution in [-0.2, 0) is 51.4 Å². The van der Waals surface area contributed by atoms with Gasteiger partial charge in [0.05, 0.1) is 57.6 Å². The monoisotopic (exact) mass is 724 g/mol. The van der Waals surface area contributed by atoms with E-state index in [2.05, 4.69) is 136 Å². The highest BCUT2D eigenvalue weighted by Crippen LogP contribution is 2.41. The van der Waals surface area contributed by atoms with Gasteiger partial charge in [0.1, 0.15) is 0 Å². The highest BCUT2D eigenvalue weighted by atomic mass is 15.0. The highest BCUT2D eigenvalue weighted by Gasteiger charge is 2.31. The fourth-order valence-electron chi connectivity index (χ4n) is 9.72. The molecule has 1 aliphatic heterocycles. The molecule has 12 bridgehead atoms. The van der Waals surface area contributed by atoms with Gasteiger partial charge in [0.25, 0.3) is 0 Å². The van der Waals surface area contributed by atoms with Crippen molar-refractivity contribution in [1.82, 2.24) is 40.5 Å². The normalized spacial score (nSPS) is 15.2. The molecule has 6 aromatic heterocycles. The summed E-state index contributed by atoms with van der Waals surface area (Å²) in [5.74, 6) is 0. The number of aromatic amines is 4. The van der Waals surface area contributed by atoms with E-state index in [1.165, 1.54) is 67.3 Å². The van der Waals surface area contributed by atoms with Crippen LogP contribution in [0.3, 0.4) is 0 Å². The lowest BCUT2D eigenvalue weighted by Crippen LogP contribution is -2.21. The number of rotatable bonds is 10. The van der Waals surface area contributed by atoms with Crippen molar-refractivity contribution in [2.75, 3.05) is 14.1 Å². The van der Waals surface area contributed by atoms with Crippen molar-refractivity contribution in [1.29, 1.82) is 0 Å². The standard InChI is InChI=1S/C46H60N8/c1-11-25-29(15-5)41-45(47-9)42-30(16-6)26(12-2)39(52-42)35-23-20-24-36(50-35)40-28(14-4)32(18-8)44(54-40)46(48-10)43-31(17-7)27(13-3)38(53-43)34-22-19-21-33(49-34)37(25)51-41/h19-24,45-48,51-54H,11-18H2,1-10H3. The van der Waals surface area contributed by atoms with Crippen LogP contribution >= 0.6 is 0 Å². The van der Waals surface area contributed by atoms with Crippen molar-refractivity contribution in [3.63, 3.8) is 0 Å². The molecule has 0 spiro atoms. The van der Waals surface area contributed by atoms with Crippen LogP contribution in [0.25, 0.3) is 45.6 Å². The third-order valence-corrected chi connectivity index (χ3v) is 12.1. The minimum Gasteiger partial charge on any atom is -0.355 e. The summed E-state index contributed by atoms with van der Waals surface area (Å²) >= 11 is 0.